The highest BCUT2D eigenvalue weighted by molar-refractivity contribution is 6.30. The van der Waals surface area contributed by atoms with Crippen LogP contribution in [0, 0.1) is 0 Å². The van der Waals surface area contributed by atoms with Gasteiger partial charge in [-0.2, -0.15) is 0 Å². The Balaban J connectivity index is 1.74. The quantitative estimate of drug-likeness (QED) is 0.372. The Bertz CT molecular complexity index is 919. The molecule has 2 aromatic rings. The predicted octanol–water partition coefficient (Wildman–Crippen LogP) is 3.92. The lowest BCUT2D eigenvalue weighted by Gasteiger charge is -2.24. The normalized spacial score (nSPS) is 13.9. The van der Waals surface area contributed by atoms with E-state index in [4.69, 9.17) is 16.3 Å². The lowest BCUT2D eigenvalue weighted by atomic mass is 10.1. The first kappa shape index (κ1) is 20.7. The number of halogens is 1. The number of unbranched alkanes of at least 4 members (excludes halogenated alkanes) is 1. The fraction of sp³-hybridized carbons (Fsp3) is 0.273. The van der Waals surface area contributed by atoms with E-state index in [1.165, 1.54) is 12.1 Å². The van der Waals surface area contributed by atoms with E-state index in [1.807, 2.05) is 6.92 Å². The molecule has 2 aromatic carbocycles. The molecule has 6 nitrogen and oxygen atoms in total. The van der Waals surface area contributed by atoms with Crippen LogP contribution >= 0.6 is 11.6 Å². The van der Waals surface area contributed by atoms with Crippen LogP contribution in [0.25, 0.3) is 0 Å². The zero-order valence-electron chi connectivity index (χ0n) is 15.9. The van der Waals surface area contributed by atoms with Crippen LogP contribution in [0.2, 0.25) is 5.02 Å². The monoisotopic (exact) mass is 413 g/mol. The third kappa shape index (κ3) is 4.38. The van der Waals surface area contributed by atoms with Gasteiger partial charge in [0.05, 0.1) is 11.1 Å². The van der Waals surface area contributed by atoms with Crippen molar-refractivity contribution >= 4 is 35.2 Å². The average molecular weight is 414 g/mol. The number of rotatable bonds is 8. The maximum Gasteiger partial charge on any atom is 0.329 e. The molecule has 1 heterocycles. The van der Waals surface area contributed by atoms with Crippen molar-refractivity contribution in [1.29, 1.82) is 0 Å². The minimum absolute atomic E-state index is 0.268. The Morgan fingerprint density at radius 3 is 2.14 bits per heavy atom. The molecular formula is C22H20ClNO5. The molecule has 2 amide bonds. The first-order valence-electron chi connectivity index (χ1n) is 9.36. The second kappa shape index (κ2) is 9.01. The second-order valence-electron chi connectivity index (χ2n) is 6.72. The maximum atomic E-state index is 12.7. The van der Waals surface area contributed by atoms with Crippen molar-refractivity contribution < 1.29 is 23.9 Å². The van der Waals surface area contributed by atoms with Gasteiger partial charge in [-0.3, -0.25) is 19.3 Å². The highest BCUT2D eigenvalue weighted by Crippen LogP contribution is 2.27. The average Bonchev–Trinajstić information content (AvgIpc) is 2.98. The summed E-state index contributed by atoms with van der Waals surface area (Å²) in [4.78, 5) is 51.4. The molecule has 0 aromatic heterocycles. The fourth-order valence-corrected chi connectivity index (χ4v) is 3.32. The summed E-state index contributed by atoms with van der Waals surface area (Å²) in [6.45, 7) is 1.46. The summed E-state index contributed by atoms with van der Waals surface area (Å²) in [5, 5.41) is 0.490. The number of benzene rings is 2. The molecule has 7 heteroatoms. The highest BCUT2D eigenvalue weighted by atomic mass is 35.5. The van der Waals surface area contributed by atoms with Crippen LogP contribution in [-0.4, -0.2) is 41.1 Å². The van der Waals surface area contributed by atoms with Crippen molar-refractivity contribution in [3.63, 3.8) is 0 Å². The molecular weight excluding hydrogens is 394 g/mol. The third-order valence-electron chi connectivity index (χ3n) is 4.75. The summed E-state index contributed by atoms with van der Waals surface area (Å²) < 4.78 is 5.19. The van der Waals surface area contributed by atoms with Crippen molar-refractivity contribution in [2.24, 2.45) is 0 Å². The molecule has 0 N–H and O–H groups in total. The molecule has 0 aliphatic carbocycles. The van der Waals surface area contributed by atoms with Crippen LogP contribution in [0.15, 0.2) is 48.5 Å². The molecule has 0 bridgehead atoms. The van der Waals surface area contributed by atoms with Crippen molar-refractivity contribution in [3.05, 3.63) is 70.2 Å². The van der Waals surface area contributed by atoms with E-state index in [-0.39, 0.29) is 17.5 Å². The largest absolute Gasteiger partial charge is 0.456 e. The van der Waals surface area contributed by atoms with Crippen molar-refractivity contribution in [2.45, 2.75) is 32.2 Å². The SMILES string of the molecule is CCCCC(C(=O)OCC(=O)c1ccc(Cl)cc1)N1C(=O)c2ccccc2C1=O. The summed E-state index contributed by atoms with van der Waals surface area (Å²) in [5.74, 6) is -2.21. The van der Waals surface area contributed by atoms with E-state index in [0.717, 1.165) is 11.3 Å². The minimum Gasteiger partial charge on any atom is -0.456 e. The van der Waals surface area contributed by atoms with E-state index in [0.29, 0.717) is 17.0 Å². The molecule has 1 unspecified atom stereocenters. The van der Waals surface area contributed by atoms with Gasteiger partial charge < -0.3 is 4.74 Å². The number of ether oxygens (including phenoxy) is 1. The zero-order valence-corrected chi connectivity index (χ0v) is 16.6. The Hall–Kier alpha value is -2.99. The number of Topliss-reactive ketones (excluding diaryl/α,β-unsaturated/α-hetero) is 1. The van der Waals surface area contributed by atoms with Gasteiger partial charge in [0, 0.05) is 10.6 Å². The first-order chi connectivity index (χ1) is 13.9. The number of ketones is 1. The molecule has 29 heavy (non-hydrogen) atoms. The van der Waals surface area contributed by atoms with Crippen molar-refractivity contribution in [2.75, 3.05) is 6.61 Å². The van der Waals surface area contributed by atoms with Crippen molar-refractivity contribution in [1.82, 2.24) is 4.90 Å². The Morgan fingerprint density at radius 2 is 1.59 bits per heavy atom. The Morgan fingerprint density at radius 1 is 1.00 bits per heavy atom. The van der Waals surface area contributed by atoms with E-state index >= 15 is 0 Å². The second-order valence-corrected chi connectivity index (χ2v) is 7.16. The topological polar surface area (TPSA) is 80.8 Å². The number of fused-ring (bicyclic) bond motifs is 1. The number of esters is 1. The lowest BCUT2D eigenvalue weighted by Crippen LogP contribution is -2.46. The van der Waals surface area contributed by atoms with Gasteiger partial charge in [-0.1, -0.05) is 43.5 Å². The lowest BCUT2D eigenvalue weighted by molar-refractivity contribution is -0.147. The maximum absolute atomic E-state index is 12.7. The molecule has 1 aliphatic rings. The van der Waals surface area contributed by atoms with Gasteiger partial charge in [0.2, 0.25) is 0 Å². The van der Waals surface area contributed by atoms with Crippen LogP contribution < -0.4 is 0 Å². The third-order valence-corrected chi connectivity index (χ3v) is 5.00. The van der Waals surface area contributed by atoms with Crippen LogP contribution in [-0.2, 0) is 9.53 Å². The van der Waals surface area contributed by atoms with Gasteiger partial charge in [-0.25, -0.2) is 4.79 Å². The summed E-state index contributed by atoms with van der Waals surface area (Å²) in [5.41, 5.74) is 0.890. The molecule has 0 radical (unpaired) electrons. The zero-order chi connectivity index (χ0) is 21.0. The molecule has 3 rings (SSSR count). The van der Waals surface area contributed by atoms with Gasteiger partial charge in [0.15, 0.2) is 12.4 Å². The fourth-order valence-electron chi connectivity index (χ4n) is 3.19. The van der Waals surface area contributed by atoms with Gasteiger partial charge in [0.25, 0.3) is 11.8 Å². The number of hydrogen-bond acceptors (Lipinski definition) is 5. The first-order valence-corrected chi connectivity index (χ1v) is 9.74. The summed E-state index contributed by atoms with van der Waals surface area (Å²) in [6, 6.07) is 11.6. The Kier molecular flexibility index (Phi) is 6.44. The van der Waals surface area contributed by atoms with Gasteiger partial charge in [-0.05, 0) is 42.8 Å². The molecule has 0 spiro atoms. The number of amides is 2. The van der Waals surface area contributed by atoms with E-state index in [2.05, 4.69) is 0 Å². The summed E-state index contributed by atoms with van der Waals surface area (Å²) in [6.07, 6.45) is 1.67. The van der Waals surface area contributed by atoms with E-state index in [9.17, 15) is 19.2 Å². The number of carbonyl (C=O) groups is 4. The molecule has 1 atom stereocenters. The smallest absolute Gasteiger partial charge is 0.329 e. The van der Waals surface area contributed by atoms with Gasteiger partial charge in [-0.15, -0.1) is 0 Å². The number of hydrogen-bond donors (Lipinski definition) is 0. The minimum atomic E-state index is -1.07. The van der Waals surface area contributed by atoms with Crippen LogP contribution in [0.4, 0.5) is 0 Å². The number of imide groups is 1. The predicted molar refractivity (Wildman–Crippen MR) is 107 cm³/mol. The van der Waals surface area contributed by atoms with Crippen LogP contribution in [0.5, 0.6) is 0 Å². The number of nitrogens with zero attached hydrogens (tertiary/aromatic N) is 1. The standard InChI is InChI=1S/C22H20ClNO5/c1-2-3-8-18(24-20(26)16-6-4-5-7-17(16)21(24)27)22(28)29-13-19(25)14-9-11-15(23)12-10-14/h4-7,9-12,18H,2-3,8,13H2,1H3. The van der Waals surface area contributed by atoms with E-state index in [1.54, 1.807) is 36.4 Å². The molecule has 0 saturated carbocycles. The van der Waals surface area contributed by atoms with Gasteiger partial charge in [0.1, 0.15) is 6.04 Å². The van der Waals surface area contributed by atoms with Crippen LogP contribution in [0.3, 0.4) is 0 Å². The summed E-state index contributed by atoms with van der Waals surface area (Å²) >= 11 is 5.81. The highest BCUT2D eigenvalue weighted by Gasteiger charge is 2.43. The van der Waals surface area contributed by atoms with Crippen LogP contribution in [0.1, 0.15) is 57.3 Å². The molecule has 0 saturated heterocycles. The van der Waals surface area contributed by atoms with Crippen molar-refractivity contribution in [3.8, 4) is 0 Å². The summed E-state index contributed by atoms with van der Waals surface area (Å²) in [7, 11) is 0. The van der Waals surface area contributed by atoms with E-state index < -0.39 is 36.2 Å². The number of carbonyl (C=O) groups excluding carboxylic acids is 4. The van der Waals surface area contributed by atoms with Gasteiger partial charge >= 0.3 is 5.97 Å². The molecule has 0 fully saturated rings. The molecule has 1 aliphatic heterocycles. The Labute approximate surface area is 173 Å². The molecule has 150 valence electrons.